The van der Waals surface area contributed by atoms with Gasteiger partial charge in [-0.25, -0.2) is 13.1 Å². The molecule has 0 aliphatic rings. The van der Waals surface area contributed by atoms with Crippen LogP contribution in [-0.2, 0) is 14.8 Å². The van der Waals surface area contributed by atoms with Gasteiger partial charge in [-0.3, -0.25) is 10.1 Å². The first kappa shape index (κ1) is 16.8. The lowest BCUT2D eigenvalue weighted by molar-refractivity contribution is -0.384. The van der Waals surface area contributed by atoms with E-state index < -0.39 is 20.6 Å². The molecule has 2 N–H and O–H groups in total. The minimum absolute atomic E-state index is 0.0151. The molecule has 1 aromatic rings. The van der Waals surface area contributed by atoms with Gasteiger partial charge in [0.25, 0.3) is 5.69 Å². The number of rotatable bonds is 8. The van der Waals surface area contributed by atoms with Crippen LogP contribution in [0.5, 0.6) is 0 Å². The highest BCUT2D eigenvalue weighted by Gasteiger charge is 2.20. The molecule has 0 aliphatic carbocycles. The standard InChI is InChI=1S/C10H13ClN2O6S/c11-9-2-1-8(7-10(9)13(15)16)20(17,18)12-3-5-19-6-4-14/h1-2,7,12,14H,3-6H2. The largest absolute Gasteiger partial charge is 0.394 e. The molecule has 0 spiro atoms. The van der Waals surface area contributed by atoms with Crippen LogP contribution in [0.3, 0.4) is 0 Å². The fraction of sp³-hybridized carbons (Fsp3) is 0.400. The Hall–Kier alpha value is -1.26. The van der Waals surface area contributed by atoms with Gasteiger partial charge >= 0.3 is 0 Å². The number of sulfonamides is 1. The van der Waals surface area contributed by atoms with Gasteiger partial charge in [0.05, 0.1) is 29.6 Å². The smallest absolute Gasteiger partial charge is 0.289 e. The van der Waals surface area contributed by atoms with Crippen molar-refractivity contribution >= 4 is 27.3 Å². The van der Waals surface area contributed by atoms with Crippen LogP contribution in [-0.4, -0.2) is 44.8 Å². The van der Waals surface area contributed by atoms with Crippen LogP contribution in [0.2, 0.25) is 5.02 Å². The third-order valence-corrected chi connectivity index (χ3v) is 3.98. The fourth-order valence-electron chi connectivity index (χ4n) is 1.30. The minimum Gasteiger partial charge on any atom is -0.394 e. The number of halogens is 1. The van der Waals surface area contributed by atoms with E-state index in [0.29, 0.717) is 0 Å². The van der Waals surface area contributed by atoms with Crippen LogP contribution in [0.15, 0.2) is 23.1 Å². The summed E-state index contributed by atoms with van der Waals surface area (Å²) in [6.45, 7) is 0.0124. The number of benzene rings is 1. The highest BCUT2D eigenvalue weighted by molar-refractivity contribution is 7.89. The predicted octanol–water partition coefficient (Wildman–Crippen LogP) is 0.535. The Kier molecular flexibility index (Phi) is 6.30. The van der Waals surface area contributed by atoms with Crippen LogP contribution in [0.1, 0.15) is 0 Å². The molecule has 0 fully saturated rings. The molecule has 0 saturated heterocycles. The maximum absolute atomic E-state index is 11.9. The van der Waals surface area contributed by atoms with Crippen molar-refractivity contribution in [3.8, 4) is 0 Å². The second-order valence-electron chi connectivity index (χ2n) is 3.60. The number of ether oxygens (including phenoxy) is 1. The highest BCUT2D eigenvalue weighted by atomic mass is 35.5. The molecular weight excluding hydrogens is 312 g/mol. The van der Waals surface area contributed by atoms with Crippen molar-refractivity contribution in [1.82, 2.24) is 4.72 Å². The second-order valence-corrected chi connectivity index (χ2v) is 5.78. The van der Waals surface area contributed by atoms with Crippen molar-refractivity contribution in [3.05, 3.63) is 33.3 Å². The third-order valence-electron chi connectivity index (χ3n) is 2.20. The number of aliphatic hydroxyl groups excluding tert-OH is 1. The Morgan fingerprint density at radius 3 is 2.70 bits per heavy atom. The van der Waals surface area contributed by atoms with E-state index in [2.05, 4.69) is 4.72 Å². The lowest BCUT2D eigenvalue weighted by atomic mass is 10.3. The maximum atomic E-state index is 11.9. The van der Waals surface area contributed by atoms with E-state index in [9.17, 15) is 18.5 Å². The lowest BCUT2D eigenvalue weighted by Crippen LogP contribution is -2.27. The summed E-state index contributed by atoms with van der Waals surface area (Å²) in [5.41, 5.74) is -0.480. The van der Waals surface area contributed by atoms with E-state index in [1.54, 1.807) is 0 Å². The Balaban J connectivity index is 2.77. The van der Waals surface area contributed by atoms with Crippen molar-refractivity contribution < 1.29 is 23.2 Å². The summed E-state index contributed by atoms with van der Waals surface area (Å²) < 4.78 is 30.8. The molecule has 0 aliphatic heterocycles. The average molecular weight is 325 g/mol. The zero-order valence-corrected chi connectivity index (χ0v) is 11.9. The van der Waals surface area contributed by atoms with Crippen LogP contribution in [0.4, 0.5) is 5.69 Å². The SMILES string of the molecule is O=[N+]([O-])c1cc(S(=O)(=O)NCCOCCO)ccc1Cl. The minimum atomic E-state index is -3.88. The first-order valence-electron chi connectivity index (χ1n) is 5.50. The Morgan fingerprint density at radius 1 is 1.40 bits per heavy atom. The molecule has 1 rings (SSSR count). The quantitative estimate of drug-likeness (QED) is 0.409. The number of hydrogen-bond donors (Lipinski definition) is 2. The molecule has 0 atom stereocenters. The zero-order valence-electron chi connectivity index (χ0n) is 10.3. The van der Waals surface area contributed by atoms with Gasteiger partial charge in [-0.1, -0.05) is 11.6 Å². The summed E-state index contributed by atoms with van der Waals surface area (Å²) in [5, 5.41) is 19.0. The Morgan fingerprint density at radius 2 is 2.10 bits per heavy atom. The van der Waals surface area contributed by atoms with Gasteiger partial charge in [-0.2, -0.15) is 0 Å². The van der Waals surface area contributed by atoms with Gasteiger partial charge in [0.15, 0.2) is 0 Å². The van der Waals surface area contributed by atoms with E-state index in [1.165, 1.54) is 6.07 Å². The first-order chi connectivity index (χ1) is 9.38. The molecule has 0 radical (unpaired) electrons. The van der Waals surface area contributed by atoms with Crippen molar-refractivity contribution in [2.24, 2.45) is 0 Å². The molecule has 8 nitrogen and oxygen atoms in total. The van der Waals surface area contributed by atoms with E-state index in [0.717, 1.165) is 12.1 Å². The number of nitro groups is 1. The van der Waals surface area contributed by atoms with Crippen molar-refractivity contribution in [3.63, 3.8) is 0 Å². The molecule has 0 bridgehead atoms. The van der Waals surface area contributed by atoms with E-state index in [-0.39, 0.29) is 36.3 Å². The van der Waals surface area contributed by atoms with Crippen molar-refractivity contribution in [2.45, 2.75) is 4.90 Å². The van der Waals surface area contributed by atoms with Crippen LogP contribution < -0.4 is 4.72 Å². The van der Waals surface area contributed by atoms with Crippen LogP contribution in [0, 0.1) is 10.1 Å². The summed E-state index contributed by atoms with van der Waals surface area (Å²) in [4.78, 5) is 9.68. The number of nitrogens with one attached hydrogen (secondary N) is 1. The molecule has 0 saturated carbocycles. The Bertz CT molecular complexity index is 577. The number of nitrogens with zero attached hydrogens (tertiary/aromatic N) is 1. The molecule has 112 valence electrons. The highest BCUT2D eigenvalue weighted by Crippen LogP contribution is 2.26. The van der Waals surface area contributed by atoms with Gasteiger partial charge in [0.2, 0.25) is 10.0 Å². The maximum Gasteiger partial charge on any atom is 0.289 e. The van der Waals surface area contributed by atoms with Gasteiger partial charge < -0.3 is 9.84 Å². The molecule has 0 amide bonds. The van der Waals surface area contributed by atoms with E-state index >= 15 is 0 Å². The molecular formula is C10H13ClN2O6S. The van der Waals surface area contributed by atoms with Crippen LogP contribution >= 0.6 is 11.6 Å². The topological polar surface area (TPSA) is 119 Å². The number of aliphatic hydroxyl groups is 1. The second kappa shape index (κ2) is 7.50. The summed E-state index contributed by atoms with van der Waals surface area (Å²) in [5.74, 6) is 0. The normalized spacial score (nSPS) is 11.5. The van der Waals surface area contributed by atoms with E-state index in [1.807, 2.05) is 0 Å². The molecule has 0 aromatic heterocycles. The summed E-state index contributed by atoms with van der Waals surface area (Å²) >= 11 is 5.60. The molecule has 1 aromatic carbocycles. The average Bonchev–Trinajstić information content (AvgIpc) is 2.38. The van der Waals surface area contributed by atoms with Gasteiger partial charge in [-0.05, 0) is 12.1 Å². The summed E-state index contributed by atoms with van der Waals surface area (Å²) in [6, 6.07) is 3.21. The van der Waals surface area contributed by atoms with Crippen molar-refractivity contribution in [1.29, 1.82) is 0 Å². The van der Waals surface area contributed by atoms with Crippen molar-refractivity contribution in [2.75, 3.05) is 26.4 Å². The number of nitro benzene ring substituents is 1. The van der Waals surface area contributed by atoms with Gasteiger partial charge in [0, 0.05) is 12.6 Å². The lowest BCUT2D eigenvalue weighted by Gasteiger charge is -2.07. The summed E-state index contributed by atoms with van der Waals surface area (Å²) in [6.07, 6.45) is 0. The first-order valence-corrected chi connectivity index (χ1v) is 7.37. The molecule has 10 heteroatoms. The van der Waals surface area contributed by atoms with E-state index in [4.69, 9.17) is 21.4 Å². The third kappa shape index (κ3) is 4.69. The number of hydrogen-bond acceptors (Lipinski definition) is 6. The van der Waals surface area contributed by atoms with Crippen LogP contribution in [0.25, 0.3) is 0 Å². The zero-order chi connectivity index (χ0) is 15.2. The van der Waals surface area contributed by atoms with Gasteiger partial charge in [0.1, 0.15) is 5.02 Å². The predicted molar refractivity (Wildman–Crippen MR) is 71.2 cm³/mol. The van der Waals surface area contributed by atoms with Gasteiger partial charge in [-0.15, -0.1) is 0 Å². The fourth-order valence-corrected chi connectivity index (χ4v) is 2.52. The molecule has 0 unspecified atom stereocenters. The Labute approximate surface area is 120 Å². The summed E-state index contributed by atoms with van der Waals surface area (Å²) in [7, 11) is -3.88. The molecule has 20 heavy (non-hydrogen) atoms. The monoisotopic (exact) mass is 324 g/mol. The molecule has 0 heterocycles.